The van der Waals surface area contributed by atoms with E-state index in [0.29, 0.717) is 11.8 Å². The number of amides is 1. The zero-order valence-corrected chi connectivity index (χ0v) is 21.2. The number of benzene rings is 1. The molecule has 0 radical (unpaired) electrons. The number of anilines is 1. The van der Waals surface area contributed by atoms with Crippen LogP contribution in [-0.2, 0) is 10.3 Å². The summed E-state index contributed by atoms with van der Waals surface area (Å²) in [6.45, 7) is 6.10. The van der Waals surface area contributed by atoms with Gasteiger partial charge in [0.05, 0.1) is 24.5 Å². The molecule has 1 aromatic heterocycles. The van der Waals surface area contributed by atoms with Gasteiger partial charge in [0.2, 0.25) is 5.88 Å². The summed E-state index contributed by atoms with van der Waals surface area (Å²) in [5, 5.41) is 2.93. The average Bonchev–Trinajstić information content (AvgIpc) is 2.78. The number of alkyl halides is 3. The van der Waals surface area contributed by atoms with E-state index < -0.39 is 34.8 Å². The quantitative estimate of drug-likeness (QED) is 0.510. The van der Waals surface area contributed by atoms with Gasteiger partial charge < -0.3 is 20.5 Å². The molecule has 1 aromatic carbocycles. The van der Waals surface area contributed by atoms with Gasteiger partial charge in [-0.2, -0.15) is 13.2 Å². The van der Waals surface area contributed by atoms with Crippen LogP contribution < -0.4 is 15.8 Å². The maximum Gasteiger partial charge on any atom is 0.422 e. The van der Waals surface area contributed by atoms with E-state index >= 15 is 4.39 Å². The molecule has 3 rings (SSSR count). The highest BCUT2D eigenvalue weighted by molar-refractivity contribution is 8.15. The van der Waals surface area contributed by atoms with Crippen LogP contribution in [-0.4, -0.2) is 52.3 Å². The molecule has 0 spiro atoms. The summed E-state index contributed by atoms with van der Waals surface area (Å²) in [7, 11) is 1.58. The number of aromatic nitrogens is 2. The molecule has 0 unspecified atom stereocenters. The number of amidine groups is 1. The summed E-state index contributed by atoms with van der Waals surface area (Å²) in [4.78, 5) is 24.8. The van der Waals surface area contributed by atoms with Crippen LogP contribution in [0.15, 0.2) is 29.5 Å². The van der Waals surface area contributed by atoms with E-state index in [2.05, 4.69) is 25.0 Å². The van der Waals surface area contributed by atoms with Crippen molar-refractivity contribution >= 4 is 28.5 Å². The molecule has 0 bridgehead atoms. The highest BCUT2D eigenvalue weighted by atomic mass is 32.2. The van der Waals surface area contributed by atoms with Crippen LogP contribution in [0.4, 0.5) is 23.2 Å². The number of nitrogens with one attached hydrogen (secondary N) is 1. The molecule has 13 heteroatoms. The number of hydrogen-bond donors (Lipinski definition) is 2. The van der Waals surface area contributed by atoms with Crippen molar-refractivity contribution in [3.63, 3.8) is 0 Å². The second kappa shape index (κ2) is 10.2. The van der Waals surface area contributed by atoms with Crippen LogP contribution in [0.5, 0.6) is 5.88 Å². The van der Waals surface area contributed by atoms with Crippen LogP contribution >= 0.6 is 11.8 Å². The Morgan fingerprint density at radius 3 is 2.53 bits per heavy atom. The van der Waals surface area contributed by atoms with Gasteiger partial charge in [-0.1, -0.05) is 18.7 Å². The molecule has 2 heterocycles. The largest absolute Gasteiger partial charge is 0.467 e. The van der Waals surface area contributed by atoms with Gasteiger partial charge in [-0.15, -0.1) is 0 Å². The Kier molecular flexibility index (Phi) is 7.84. The maximum absolute atomic E-state index is 15.4. The maximum atomic E-state index is 15.4. The number of thioether (sulfide) groups is 1. The number of halogens is 4. The Labute approximate surface area is 210 Å². The Balaban J connectivity index is 1.89. The highest BCUT2D eigenvalue weighted by Gasteiger charge is 2.50. The molecule has 196 valence electrons. The summed E-state index contributed by atoms with van der Waals surface area (Å²) in [6.07, 6.45) is -2.63. The molecule has 1 aliphatic rings. The number of carbonyl (C=O) groups excluding carboxylic acids is 1. The van der Waals surface area contributed by atoms with Gasteiger partial charge in [0.15, 0.2) is 11.8 Å². The van der Waals surface area contributed by atoms with Gasteiger partial charge in [-0.3, -0.25) is 9.79 Å². The smallest absolute Gasteiger partial charge is 0.422 e. The van der Waals surface area contributed by atoms with E-state index in [-0.39, 0.29) is 34.3 Å². The highest BCUT2D eigenvalue weighted by Crippen LogP contribution is 2.50. The van der Waals surface area contributed by atoms with E-state index in [1.807, 2.05) is 13.8 Å². The number of nitrogens with zero attached hydrogens (tertiary/aromatic N) is 3. The van der Waals surface area contributed by atoms with Gasteiger partial charge in [0, 0.05) is 29.0 Å². The van der Waals surface area contributed by atoms with Crippen molar-refractivity contribution in [2.75, 3.05) is 25.6 Å². The molecule has 3 N–H and O–H groups in total. The summed E-state index contributed by atoms with van der Waals surface area (Å²) < 4.78 is 61.7. The standard InChI is InChI=1S/C23H27F4N5O3S/c1-12-6-14(31-19(33)16-8-30-17(9-29-16)35-11-23(25,26)27)7-15(18(12)24)22(4)13(2)21(3,10-34-5)36-20(28)32-22/h6-9,13H,10-11H2,1-5H3,(H2,28,32)(H,31,33)/t13-,21-,22+/m1/s1. The van der Waals surface area contributed by atoms with Gasteiger partial charge in [-0.05, 0) is 38.5 Å². The van der Waals surface area contributed by atoms with Gasteiger partial charge >= 0.3 is 6.18 Å². The third kappa shape index (κ3) is 5.89. The molecular weight excluding hydrogens is 502 g/mol. The first-order valence-electron chi connectivity index (χ1n) is 10.9. The monoisotopic (exact) mass is 529 g/mol. The minimum atomic E-state index is -4.53. The zero-order chi connectivity index (χ0) is 26.9. The molecule has 1 aliphatic heterocycles. The van der Waals surface area contributed by atoms with E-state index in [0.717, 1.165) is 12.4 Å². The van der Waals surface area contributed by atoms with Crippen molar-refractivity contribution in [1.29, 1.82) is 0 Å². The minimum absolute atomic E-state index is 0.165. The number of rotatable bonds is 7. The normalized spacial score (nSPS) is 24.2. The van der Waals surface area contributed by atoms with E-state index in [4.69, 9.17) is 10.5 Å². The molecule has 1 amide bonds. The third-order valence-corrected chi connectivity index (χ3v) is 7.41. The van der Waals surface area contributed by atoms with Gasteiger partial charge in [0.1, 0.15) is 11.5 Å². The van der Waals surface area contributed by atoms with E-state index in [1.165, 1.54) is 23.9 Å². The van der Waals surface area contributed by atoms with Crippen molar-refractivity contribution < 1.29 is 31.8 Å². The second-order valence-corrected chi connectivity index (χ2v) is 10.5. The summed E-state index contributed by atoms with van der Waals surface area (Å²) in [5.74, 6) is -1.75. The van der Waals surface area contributed by atoms with Crippen molar-refractivity contribution in [2.24, 2.45) is 16.6 Å². The molecule has 36 heavy (non-hydrogen) atoms. The minimum Gasteiger partial charge on any atom is -0.467 e. The molecule has 3 atom stereocenters. The van der Waals surface area contributed by atoms with Crippen molar-refractivity contribution in [3.05, 3.63) is 47.2 Å². The first kappa shape index (κ1) is 27.7. The lowest BCUT2D eigenvalue weighted by Gasteiger charge is -2.47. The fourth-order valence-electron chi connectivity index (χ4n) is 4.07. The predicted molar refractivity (Wildman–Crippen MR) is 129 cm³/mol. The number of methoxy groups -OCH3 is 1. The first-order valence-corrected chi connectivity index (χ1v) is 11.7. The lowest BCUT2D eigenvalue weighted by atomic mass is 9.73. The van der Waals surface area contributed by atoms with Crippen LogP contribution in [0.3, 0.4) is 0 Å². The Hall–Kier alpha value is -2.93. The Bertz CT molecular complexity index is 1160. The van der Waals surface area contributed by atoms with E-state index in [1.54, 1.807) is 21.0 Å². The zero-order valence-electron chi connectivity index (χ0n) is 20.4. The molecular formula is C23H27F4N5O3S. The van der Waals surface area contributed by atoms with Crippen LogP contribution in [0.25, 0.3) is 0 Å². The Morgan fingerprint density at radius 1 is 1.25 bits per heavy atom. The summed E-state index contributed by atoms with van der Waals surface area (Å²) >= 11 is 1.37. The van der Waals surface area contributed by atoms with Crippen molar-refractivity contribution in [2.45, 2.75) is 44.2 Å². The van der Waals surface area contributed by atoms with Crippen molar-refractivity contribution in [1.82, 2.24) is 9.97 Å². The number of carbonyl (C=O) groups is 1. The second-order valence-electron chi connectivity index (χ2n) is 8.92. The third-order valence-electron chi connectivity index (χ3n) is 6.17. The van der Waals surface area contributed by atoms with Crippen LogP contribution in [0.2, 0.25) is 0 Å². The number of nitrogens with two attached hydrogens (primary N) is 1. The number of hydrogen-bond acceptors (Lipinski definition) is 8. The van der Waals surface area contributed by atoms with E-state index in [9.17, 15) is 18.0 Å². The summed E-state index contributed by atoms with van der Waals surface area (Å²) in [6, 6.07) is 2.95. The van der Waals surface area contributed by atoms with Crippen LogP contribution in [0.1, 0.15) is 42.4 Å². The average molecular weight is 530 g/mol. The number of aryl methyl sites for hydroxylation is 1. The predicted octanol–water partition coefficient (Wildman–Crippen LogP) is 4.44. The molecule has 0 saturated carbocycles. The van der Waals surface area contributed by atoms with Crippen molar-refractivity contribution in [3.8, 4) is 5.88 Å². The molecule has 0 fully saturated rings. The fourth-order valence-corrected chi connectivity index (χ4v) is 5.37. The lowest BCUT2D eigenvalue weighted by Crippen LogP contribution is -2.50. The molecule has 0 aliphatic carbocycles. The number of ether oxygens (including phenoxy) is 2. The molecule has 2 aromatic rings. The van der Waals surface area contributed by atoms with Gasteiger partial charge in [0.25, 0.3) is 5.91 Å². The fraction of sp³-hybridized carbons (Fsp3) is 0.478. The lowest BCUT2D eigenvalue weighted by molar-refractivity contribution is -0.154. The first-order chi connectivity index (χ1) is 16.7. The van der Waals surface area contributed by atoms with Gasteiger partial charge in [-0.25, -0.2) is 14.4 Å². The summed E-state index contributed by atoms with van der Waals surface area (Å²) in [5.41, 5.74) is 5.71. The molecule has 0 saturated heterocycles. The van der Waals surface area contributed by atoms with Crippen LogP contribution in [0, 0.1) is 18.7 Å². The number of aliphatic imine (C=N–C) groups is 1. The topological polar surface area (TPSA) is 112 Å². The Morgan fingerprint density at radius 2 is 1.94 bits per heavy atom. The molecule has 8 nitrogen and oxygen atoms in total. The SMILES string of the molecule is COC[C@@]1(C)SC(N)=N[C@](C)(c2cc(NC(=O)c3cnc(OCC(F)(F)F)cn3)cc(C)c2F)[C@@H]1C.